The van der Waals surface area contributed by atoms with Crippen molar-refractivity contribution >= 4 is 9.86 Å². The maximum absolute atomic E-state index is 4.58. The van der Waals surface area contributed by atoms with Crippen LogP contribution in [-0.2, 0) is 19.4 Å². The minimum atomic E-state index is 0.0649. The molecular weight excluding hydrogens is 308 g/mol. The molecule has 1 rings (SSSR count). The average molecular weight is 322 g/mol. The van der Waals surface area contributed by atoms with Crippen LogP contribution >= 0.6 is 0 Å². The van der Waals surface area contributed by atoms with Crippen molar-refractivity contribution in [2.24, 2.45) is 4.99 Å². The van der Waals surface area contributed by atoms with Crippen molar-refractivity contribution in [1.29, 1.82) is 0 Å². The molecule has 0 atom stereocenters. The first-order chi connectivity index (χ1) is 4.99. The van der Waals surface area contributed by atoms with E-state index in [-0.39, 0.29) is 5.54 Å². The topological polar surface area (TPSA) is 15.6 Å². The normalized spacial score (nSPS) is 22.4. The van der Waals surface area contributed by atoms with Crippen LogP contribution < -0.4 is 0 Å². The van der Waals surface area contributed by atoms with Crippen LogP contribution in [-0.4, -0.2) is 26.8 Å². The molecule has 0 amide bonds. The van der Waals surface area contributed by atoms with Gasteiger partial charge in [0.25, 0.3) is 0 Å². The monoisotopic (exact) mass is 322 g/mol. The molecule has 0 unspecified atom stereocenters. The zero-order valence-electron chi connectivity index (χ0n) is 7.51. The molecule has 0 aromatic heterocycles. The summed E-state index contributed by atoms with van der Waals surface area (Å²) in [6.45, 7) is 9.66. The molecule has 0 fully saturated rings. The average Bonchev–Trinajstić information content (AvgIpc) is 2.04. The van der Waals surface area contributed by atoms with Crippen LogP contribution in [0, 0.1) is 0 Å². The molecule has 62 valence electrons. The minimum absolute atomic E-state index is 0.0649. The van der Waals surface area contributed by atoms with E-state index in [9.17, 15) is 0 Å². The Hall–Kier alpha value is 0.0283. The van der Waals surface area contributed by atoms with Gasteiger partial charge in [-0.25, -0.2) is 0 Å². The summed E-state index contributed by atoms with van der Waals surface area (Å²) in [5.41, 5.74) is 0.0649. The molecule has 0 spiro atoms. The summed E-state index contributed by atoms with van der Waals surface area (Å²) in [6.07, 6.45) is 0. The summed E-state index contributed by atoms with van der Waals surface area (Å²) < 4.78 is 1.44. The fourth-order valence-corrected chi connectivity index (χ4v) is 2.46. The summed E-state index contributed by atoms with van der Waals surface area (Å²) in [5.74, 6) is 1.17. The van der Waals surface area contributed by atoms with Gasteiger partial charge in [-0.1, -0.05) is 0 Å². The summed E-state index contributed by atoms with van der Waals surface area (Å²) in [6, 6.07) is 0. The number of aliphatic imine (C=N–C) groups is 1. The zero-order chi connectivity index (χ0) is 8.65. The van der Waals surface area contributed by atoms with Crippen molar-refractivity contribution in [3.8, 4) is 0 Å². The summed E-state index contributed by atoms with van der Waals surface area (Å²) in [7, 11) is 0. The second-order valence-corrected chi connectivity index (χ2v) is 4.66. The third kappa shape index (κ3) is 1.46. The van der Waals surface area contributed by atoms with Crippen LogP contribution in [0.1, 0.15) is 27.7 Å². The Balaban J connectivity index is 2.93. The molecule has 11 heavy (non-hydrogen) atoms. The predicted molar refractivity (Wildman–Crippen MR) is 44.6 cm³/mol. The maximum atomic E-state index is 4.58. The first-order valence-corrected chi connectivity index (χ1v) is 5.34. The molecule has 0 aromatic rings. The molecule has 2 nitrogen and oxygen atoms in total. The first kappa shape index (κ1) is 9.12. The van der Waals surface area contributed by atoms with E-state index < -0.39 is 0 Å². The Kier molecular flexibility index (Phi) is 2.34. The Morgan fingerprint density at radius 2 is 2.09 bits per heavy atom. The molecule has 1 aliphatic heterocycles. The fraction of sp³-hybridized carbons (Fsp3) is 0.750. The number of amidine groups is 1. The van der Waals surface area contributed by atoms with Crippen LogP contribution in [0.2, 0.25) is 0 Å². The molecule has 0 aliphatic carbocycles. The van der Waals surface area contributed by atoms with Crippen LogP contribution in [0.3, 0.4) is 0 Å². The third-order valence-corrected chi connectivity index (χ3v) is 4.50. The van der Waals surface area contributed by atoms with E-state index in [0.717, 1.165) is 6.54 Å². The van der Waals surface area contributed by atoms with Gasteiger partial charge in [-0.15, -0.1) is 0 Å². The molecule has 3 heteroatoms. The van der Waals surface area contributed by atoms with Gasteiger partial charge in [-0.3, -0.25) is 0 Å². The van der Waals surface area contributed by atoms with Crippen LogP contribution in [0.25, 0.3) is 0 Å². The van der Waals surface area contributed by atoms with Crippen molar-refractivity contribution in [3.05, 3.63) is 0 Å². The van der Waals surface area contributed by atoms with Gasteiger partial charge in [0.2, 0.25) is 0 Å². The zero-order valence-corrected chi connectivity index (χ0v) is 10.4. The molecule has 0 saturated carbocycles. The van der Waals surface area contributed by atoms with Gasteiger partial charge < -0.3 is 0 Å². The fourth-order valence-electron chi connectivity index (χ4n) is 1.36. The van der Waals surface area contributed by atoms with Gasteiger partial charge in [0.1, 0.15) is 0 Å². The Bertz CT molecular complexity index is 218. The van der Waals surface area contributed by atoms with Crippen molar-refractivity contribution in [2.75, 3.05) is 6.54 Å². The molecule has 0 saturated heterocycles. The molecule has 1 aliphatic rings. The van der Waals surface area contributed by atoms with Gasteiger partial charge >= 0.3 is 78.9 Å². The van der Waals surface area contributed by atoms with Crippen molar-refractivity contribution in [3.63, 3.8) is 0 Å². The number of hydrogen-bond donors (Lipinski definition) is 0. The van der Waals surface area contributed by atoms with E-state index in [1.54, 1.807) is 0 Å². The Morgan fingerprint density at radius 3 is 2.27 bits per heavy atom. The second kappa shape index (κ2) is 2.82. The Morgan fingerprint density at radius 1 is 1.55 bits per heavy atom. The van der Waals surface area contributed by atoms with E-state index in [1.807, 2.05) is 0 Å². The summed E-state index contributed by atoms with van der Waals surface area (Å²) >= 11 is 1.53. The molecule has 0 radical (unpaired) electrons. The van der Waals surface area contributed by atoms with Gasteiger partial charge in [0, 0.05) is 0 Å². The summed E-state index contributed by atoms with van der Waals surface area (Å²) in [4.78, 5) is 6.88. The van der Waals surface area contributed by atoms with Crippen molar-refractivity contribution < 1.29 is 19.4 Å². The molecule has 0 aromatic carbocycles. The molecule has 1 heterocycles. The number of nitrogens with zero attached hydrogens (tertiary/aromatic N) is 2. The van der Waals surface area contributed by atoms with Crippen LogP contribution in [0.4, 0.5) is 0 Å². The predicted octanol–water partition coefficient (Wildman–Crippen LogP) is 1.20. The van der Waals surface area contributed by atoms with Gasteiger partial charge in [0.05, 0.1) is 0 Å². The Labute approximate surface area is 79.1 Å². The van der Waals surface area contributed by atoms with Gasteiger partial charge in [-0.2, -0.15) is 0 Å². The summed E-state index contributed by atoms with van der Waals surface area (Å²) in [5, 5.41) is 0. The van der Waals surface area contributed by atoms with Gasteiger partial charge in [0.15, 0.2) is 0 Å². The first-order valence-electron chi connectivity index (χ1n) is 3.87. The SMILES string of the molecule is CCN1[C](=[W])C(C)(C)N=C1C. The standard InChI is InChI=1S/C8H14N2.W/c1-5-10-6-8(3,4)9-7(10)2;/h5H2,1-4H3;. The second-order valence-electron chi connectivity index (χ2n) is 3.27. The number of hydrogen-bond acceptors (Lipinski definition) is 2. The molecule has 0 N–H and O–H groups in total. The number of likely N-dealkylation sites (N-methyl/N-ethyl adjacent to an activating group) is 1. The molecule has 0 bridgehead atoms. The van der Waals surface area contributed by atoms with Gasteiger partial charge in [-0.05, 0) is 0 Å². The van der Waals surface area contributed by atoms with E-state index >= 15 is 0 Å². The quantitative estimate of drug-likeness (QED) is 0.708. The van der Waals surface area contributed by atoms with Crippen molar-refractivity contribution in [1.82, 2.24) is 4.90 Å². The van der Waals surface area contributed by atoms with Crippen LogP contribution in [0.15, 0.2) is 4.99 Å². The third-order valence-electron chi connectivity index (χ3n) is 1.92. The van der Waals surface area contributed by atoms with E-state index in [1.165, 1.54) is 29.2 Å². The van der Waals surface area contributed by atoms with E-state index in [0.29, 0.717) is 0 Å². The number of rotatable bonds is 1. The van der Waals surface area contributed by atoms with Crippen LogP contribution in [0.5, 0.6) is 0 Å². The van der Waals surface area contributed by atoms with Crippen molar-refractivity contribution in [2.45, 2.75) is 33.2 Å². The van der Waals surface area contributed by atoms with E-state index in [2.05, 4.69) is 37.6 Å². The molecular formula is C8H14N2W. The van der Waals surface area contributed by atoms with E-state index in [4.69, 9.17) is 0 Å².